The van der Waals surface area contributed by atoms with Gasteiger partial charge in [-0.1, -0.05) is 30.3 Å². The number of rotatable bonds is 6. The zero-order chi connectivity index (χ0) is 14.2. The first-order valence-corrected chi connectivity index (χ1v) is 7.20. The number of carbonyl (C=O) groups is 1. The fourth-order valence-corrected chi connectivity index (χ4v) is 2.26. The Labute approximate surface area is 121 Å². The van der Waals surface area contributed by atoms with Crippen LogP contribution in [0.5, 0.6) is 0 Å². The molecular formula is C14H17N3O2S. The van der Waals surface area contributed by atoms with Crippen molar-refractivity contribution >= 4 is 17.4 Å². The Bertz CT molecular complexity index is 516. The third kappa shape index (κ3) is 4.64. The molecule has 0 aliphatic heterocycles. The molecule has 0 aliphatic rings. The van der Waals surface area contributed by atoms with Crippen molar-refractivity contribution in [1.82, 2.24) is 10.3 Å². The second-order valence-electron chi connectivity index (χ2n) is 4.31. The smallest absolute Gasteiger partial charge is 0.407 e. The van der Waals surface area contributed by atoms with Gasteiger partial charge in [-0.2, -0.15) is 0 Å². The predicted octanol–water partition coefficient (Wildman–Crippen LogP) is 1.94. The molecule has 2 rings (SSSR count). The van der Waals surface area contributed by atoms with Crippen molar-refractivity contribution in [3.8, 4) is 0 Å². The van der Waals surface area contributed by atoms with Crippen LogP contribution in [0.15, 0.2) is 42.0 Å². The van der Waals surface area contributed by atoms with Gasteiger partial charge in [0.15, 0.2) is 0 Å². The van der Waals surface area contributed by atoms with E-state index in [2.05, 4.69) is 10.3 Å². The number of nitrogens with zero attached hydrogens (tertiary/aromatic N) is 1. The highest BCUT2D eigenvalue weighted by Gasteiger charge is 2.12. The van der Waals surface area contributed by atoms with Gasteiger partial charge in [-0.3, -0.25) is 4.98 Å². The number of carbonyl (C=O) groups excluding carboxylic acids is 1. The summed E-state index contributed by atoms with van der Waals surface area (Å²) in [7, 11) is 0. The Kier molecular flexibility index (Phi) is 5.52. The molecule has 0 fully saturated rings. The largest absolute Gasteiger partial charge is 0.444 e. The molecule has 0 aliphatic carbocycles. The van der Waals surface area contributed by atoms with Gasteiger partial charge in [0, 0.05) is 18.8 Å². The van der Waals surface area contributed by atoms with Gasteiger partial charge in [-0.05, 0) is 12.0 Å². The Morgan fingerprint density at radius 1 is 1.40 bits per heavy atom. The minimum Gasteiger partial charge on any atom is -0.444 e. The summed E-state index contributed by atoms with van der Waals surface area (Å²) < 4.78 is 5.12. The molecule has 0 spiro atoms. The first-order valence-electron chi connectivity index (χ1n) is 6.32. The van der Waals surface area contributed by atoms with Gasteiger partial charge in [-0.15, -0.1) is 11.3 Å². The number of nitrogens with one attached hydrogen (secondary N) is 1. The van der Waals surface area contributed by atoms with E-state index in [1.54, 1.807) is 11.7 Å². The van der Waals surface area contributed by atoms with Crippen LogP contribution in [0, 0.1) is 0 Å². The first-order chi connectivity index (χ1) is 9.78. The Morgan fingerprint density at radius 2 is 2.20 bits per heavy atom. The van der Waals surface area contributed by atoms with Crippen molar-refractivity contribution in [2.75, 3.05) is 6.54 Å². The minimum absolute atomic E-state index is 0.133. The highest BCUT2D eigenvalue weighted by molar-refractivity contribution is 7.09. The summed E-state index contributed by atoms with van der Waals surface area (Å²) in [5, 5.41) is 2.78. The Balaban J connectivity index is 1.79. The van der Waals surface area contributed by atoms with Crippen LogP contribution in [0.4, 0.5) is 4.79 Å². The van der Waals surface area contributed by atoms with E-state index < -0.39 is 6.09 Å². The molecule has 1 heterocycles. The van der Waals surface area contributed by atoms with E-state index >= 15 is 0 Å². The van der Waals surface area contributed by atoms with Crippen LogP contribution >= 0.6 is 11.3 Å². The number of hydrogen-bond donors (Lipinski definition) is 2. The van der Waals surface area contributed by atoms with Crippen molar-refractivity contribution in [3.63, 3.8) is 0 Å². The Morgan fingerprint density at radius 3 is 2.85 bits per heavy atom. The number of ether oxygens (including phenoxy) is 1. The molecule has 1 atom stereocenters. The summed E-state index contributed by atoms with van der Waals surface area (Å²) in [6, 6.07) is 9.76. The van der Waals surface area contributed by atoms with Crippen molar-refractivity contribution in [2.24, 2.45) is 5.73 Å². The predicted molar refractivity (Wildman–Crippen MR) is 78.4 cm³/mol. The van der Waals surface area contributed by atoms with Gasteiger partial charge < -0.3 is 15.8 Å². The lowest BCUT2D eigenvalue weighted by Crippen LogP contribution is -2.41. The normalized spacial score (nSPS) is 11.8. The number of benzene rings is 1. The van der Waals surface area contributed by atoms with Crippen molar-refractivity contribution < 1.29 is 9.53 Å². The summed E-state index contributed by atoms with van der Waals surface area (Å²) >= 11 is 1.45. The van der Waals surface area contributed by atoms with Crippen LogP contribution in [-0.2, 0) is 17.8 Å². The highest BCUT2D eigenvalue weighted by Crippen LogP contribution is 2.07. The molecule has 1 aromatic carbocycles. The number of amides is 1. The number of nitrogens with two attached hydrogens (primary N) is 1. The summed E-state index contributed by atoms with van der Waals surface area (Å²) in [5.41, 5.74) is 8.51. The molecule has 1 aromatic heterocycles. The quantitative estimate of drug-likeness (QED) is 0.852. The van der Waals surface area contributed by atoms with E-state index in [1.807, 2.05) is 30.3 Å². The van der Waals surface area contributed by atoms with Crippen LogP contribution in [-0.4, -0.2) is 23.7 Å². The van der Waals surface area contributed by atoms with Crippen molar-refractivity contribution in [1.29, 1.82) is 0 Å². The Hall–Kier alpha value is -1.92. The second kappa shape index (κ2) is 7.62. The van der Waals surface area contributed by atoms with Gasteiger partial charge in [0.25, 0.3) is 0 Å². The standard InChI is InChI=1S/C14H17N3O2S/c15-7-12(6-11-4-2-1-3-5-11)17-14(18)19-9-13-8-16-10-20-13/h1-5,8,10,12H,6-7,9,15H2,(H,17,18)/t12-/m1/s1. The van der Waals surface area contributed by atoms with E-state index in [9.17, 15) is 4.79 Å². The molecule has 1 amide bonds. The zero-order valence-corrected chi connectivity index (χ0v) is 11.8. The number of thiazole rings is 1. The lowest BCUT2D eigenvalue weighted by atomic mass is 10.1. The van der Waals surface area contributed by atoms with Crippen LogP contribution in [0.1, 0.15) is 10.4 Å². The molecule has 0 bridgehead atoms. The van der Waals surface area contributed by atoms with E-state index in [4.69, 9.17) is 10.5 Å². The molecule has 20 heavy (non-hydrogen) atoms. The molecule has 6 heteroatoms. The third-order valence-corrected chi connectivity index (χ3v) is 3.51. The lowest BCUT2D eigenvalue weighted by Gasteiger charge is -2.16. The number of alkyl carbamates (subject to hydrolysis) is 1. The number of aromatic nitrogens is 1. The van der Waals surface area contributed by atoms with Gasteiger partial charge in [0.05, 0.1) is 10.4 Å². The summed E-state index contributed by atoms with van der Waals surface area (Å²) in [4.78, 5) is 16.5. The van der Waals surface area contributed by atoms with Crippen LogP contribution in [0.25, 0.3) is 0 Å². The maximum absolute atomic E-state index is 11.7. The van der Waals surface area contributed by atoms with Crippen molar-refractivity contribution in [3.05, 3.63) is 52.5 Å². The number of hydrogen-bond acceptors (Lipinski definition) is 5. The fourth-order valence-electron chi connectivity index (χ4n) is 1.75. The molecule has 0 radical (unpaired) electrons. The summed E-state index contributed by atoms with van der Waals surface area (Å²) in [5.74, 6) is 0. The summed E-state index contributed by atoms with van der Waals surface area (Å²) in [6.07, 6.45) is 1.92. The lowest BCUT2D eigenvalue weighted by molar-refractivity contribution is 0.137. The topological polar surface area (TPSA) is 77.2 Å². The molecule has 0 saturated carbocycles. The van der Waals surface area contributed by atoms with Crippen LogP contribution in [0.3, 0.4) is 0 Å². The average Bonchev–Trinajstić information content (AvgIpc) is 2.99. The zero-order valence-electron chi connectivity index (χ0n) is 11.0. The van der Waals surface area contributed by atoms with Crippen molar-refractivity contribution in [2.45, 2.75) is 19.1 Å². The average molecular weight is 291 g/mol. The maximum atomic E-state index is 11.7. The van der Waals surface area contributed by atoms with Gasteiger partial charge in [0.1, 0.15) is 6.61 Å². The molecule has 5 nitrogen and oxygen atoms in total. The molecule has 0 saturated heterocycles. The fraction of sp³-hybridized carbons (Fsp3) is 0.286. The van der Waals surface area contributed by atoms with Gasteiger partial charge in [-0.25, -0.2) is 4.79 Å². The maximum Gasteiger partial charge on any atom is 0.407 e. The van der Waals surface area contributed by atoms with Crippen LogP contribution < -0.4 is 11.1 Å². The van der Waals surface area contributed by atoms with E-state index in [-0.39, 0.29) is 12.6 Å². The van der Waals surface area contributed by atoms with Gasteiger partial charge in [0.2, 0.25) is 0 Å². The SMILES string of the molecule is NC[C@@H](Cc1ccccc1)NC(=O)OCc1cncs1. The first kappa shape index (κ1) is 14.5. The summed E-state index contributed by atoms with van der Waals surface area (Å²) in [6.45, 7) is 0.601. The van der Waals surface area contributed by atoms with E-state index in [0.29, 0.717) is 13.0 Å². The second-order valence-corrected chi connectivity index (χ2v) is 5.28. The van der Waals surface area contributed by atoms with Gasteiger partial charge >= 0.3 is 6.09 Å². The monoisotopic (exact) mass is 291 g/mol. The van der Waals surface area contributed by atoms with E-state index in [1.165, 1.54) is 11.3 Å². The highest BCUT2D eigenvalue weighted by atomic mass is 32.1. The third-order valence-electron chi connectivity index (χ3n) is 2.76. The molecule has 3 N–H and O–H groups in total. The molecule has 2 aromatic rings. The van der Waals surface area contributed by atoms with E-state index in [0.717, 1.165) is 10.4 Å². The minimum atomic E-state index is -0.454. The molecule has 0 unspecified atom stereocenters. The molecule has 106 valence electrons. The van der Waals surface area contributed by atoms with Crippen LogP contribution in [0.2, 0.25) is 0 Å². The molecular weight excluding hydrogens is 274 g/mol.